The topological polar surface area (TPSA) is 29.1 Å². The lowest BCUT2D eigenvalue weighted by atomic mass is 9.98. The van der Waals surface area contributed by atoms with Gasteiger partial charge in [-0.2, -0.15) is 0 Å². The maximum absolute atomic E-state index is 12.6. The summed E-state index contributed by atoms with van der Waals surface area (Å²) in [7, 11) is 0. The van der Waals surface area contributed by atoms with Crippen LogP contribution in [0.2, 0.25) is 0 Å². The smallest absolute Gasteiger partial charge is 0.231 e. The van der Waals surface area contributed by atoms with Gasteiger partial charge in [0.25, 0.3) is 0 Å². The van der Waals surface area contributed by atoms with Crippen LogP contribution in [0.4, 0.5) is 0 Å². The summed E-state index contributed by atoms with van der Waals surface area (Å²) in [6.07, 6.45) is 0. The van der Waals surface area contributed by atoms with Crippen molar-refractivity contribution in [1.82, 2.24) is 5.32 Å². The molecule has 0 spiro atoms. The minimum Gasteiger partial charge on any atom is -0.344 e. The highest BCUT2D eigenvalue weighted by Crippen LogP contribution is 2.23. The van der Waals surface area contributed by atoms with Crippen LogP contribution in [0.3, 0.4) is 0 Å². The Kier molecular flexibility index (Phi) is 6.13. The molecule has 0 aliphatic carbocycles. The minimum absolute atomic E-state index is 0.0324. The number of benzene rings is 3. The minimum atomic E-state index is -0.136. The number of amides is 1. The molecule has 3 rings (SSSR count). The molecular weight excluding hydrogens is 338 g/mol. The predicted octanol–water partition coefficient (Wildman–Crippen LogP) is 5.30. The van der Waals surface area contributed by atoms with Crippen molar-refractivity contribution in [1.29, 1.82) is 0 Å². The van der Waals surface area contributed by atoms with Gasteiger partial charge in [-0.3, -0.25) is 4.79 Å². The van der Waals surface area contributed by atoms with Crippen molar-refractivity contribution in [2.45, 2.75) is 24.8 Å². The summed E-state index contributed by atoms with van der Waals surface area (Å²) in [5.74, 6) is 0.433. The Morgan fingerprint density at radius 3 is 1.96 bits per heavy atom. The molecule has 3 aromatic carbocycles. The van der Waals surface area contributed by atoms with Crippen LogP contribution in [0.1, 0.15) is 28.3 Å². The van der Waals surface area contributed by atoms with Crippen LogP contribution >= 0.6 is 11.8 Å². The van der Waals surface area contributed by atoms with Gasteiger partial charge in [-0.05, 0) is 37.1 Å². The number of carbonyl (C=O) groups excluding carboxylic acids is 1. The molecule has 3 heteroatoms. The van der Waals surface area contributed by atoms with E-state index < -0.39 is 0 Å². The molecule has 0 unspecified atom stereocenters. The molecule has 0 aliphatic heterocycles. The second-order valence-corrected chi connectivity index (χ2v) is 7.47. The summed E-state index contributed by atoms with van der Waals surface area (Å²) < 4.78 is 0. The lowest BCUT2D eigenvalue weighted by Crippen LogP contribution is -2.30. The predicted molar refractivity (Wildman–Crippen MR) is 110 cm³/mol. The fourth-order valence-electron chi connectivity index (χ4n) is 2.75. The van der Waals surface area contributed by atoms with Gasteiger partial charge >= 0.3 is 0 Å². The number of thioether (sulfide) groups is 1. The van der Waals surface area contributed by atoms with Gasteiger partial charge in [0, 0.05) is 4.90 Å². The molecule has 1 N–H and O–H groups in total. The third-order valence-electron chi connectivity index (χ3n) is 4.24. The SMILES string of the molecule is Cc1ccc(SCC(=O)N[C@@H](c2ccccc2)c2ccc(C)cc2)cc1. The molecule has 3 aromatic rings. The number of nitrogens with one attached hydrogen (secondary N) is 1. The molecule has 0 heterocycles. The van der Waals surface area contributed by atoms with Gasteiger partial charge in [0.2, 0.25) is 5.91 Å². The van der Waals surface area contributed by atoms with Gasteiger partial charge in [-0.15, -0.1) is 11.8 Å². The van der Waals surface area contributed by atoms with Gasteiger partial charge in [0.15, 0.2) is 0 Å². The summed E-state index contributed by atoms with van der Waals surface area (Å²) in [5.41, 5.74) is 4.62. The third kappa shape index (κ3) is 4.99. The van der Waals surface area contributed by atoms with E-state index in [9.17, 15) is 4.79 Å². The average molecular weight is 362 g/mol. The molecule has 0 saturated carbocycles. The third-order valence-corrected chi connectivity index (χ3v) is 5.25. The van der Waals surface area contributed by atoms with Crippen molar-refractivity contribution in [2.24, 2.45) is 0 Å². The van der Waals surface area contributed by atoms with Crippen LogP contribution in [0, 0.1) is 13.8 Å². The van der Waals surface area contributed by atoms with Crippen molar-refractivity contribution in [3.63, 3.8) is 0 Å². The fraction of sp³-hybridized carbons (Fsp3) is 0.174. The number of rotatable bonds is 6. The van der Waals surface area contributed by atoms with E-state index >= 15 is 0 Å². The summed E-state index contributed by atoms with van der Waals surface area (Å²) in [6, 6.07) is 26.6. The molecule has 0 saturated heterocycles. The maximum atomic E-state index is 12.6. The van der Waals surface area contributed by atoms with Gasteiger partial charge in [-0.25, -0.2) is 0 Å². The van der Waals surface area contributed by atoms with Crippen molar-refractivity contribution >= 4 is 17.7 Å². The van der Waals surface area contributed by atoms with Crippen LogP contribution < -0.4 is 5.32 Å². The average Bonchev–Trinajstić information content (AvgIpc) is 2.67. The number of aryl methyl sites for hydroxylation is 2. The normalized spacial score (nSPS) is 11.8. The zero-order valence-corrected chi connectivity index (χ0v) is 15.9. The van der Waals surface area contributed by atoms with E-state index in [0.717, 1.165) is 16.0 Å². The second kappa shape index (κ2) is 8.72. The number of hydrogen-bond donors (Lipinski definition) is 1. The molecule has 0 aliphatic rings. The molecule has 26 heavy (non-hydrogen) atoms. The number of hydrogen-bond acceptors (Lipinski definition) is 2. The van der Waals surface area contributed by atoms with E-state index in [2.05, 4.69) is 79.8 Å². The summed E-state index contributed by atoms with van der Waals surface area (Å²) in [4.78, 5) is 13.7. The highest BCUT2D eigenvalue weighted by molar-refractivity contribution is 8.00. The molecule has 1 atom stereocenters. The molecule has 0 bridgehead atoms. The lowest BCUT2D eigenvalue weighted by molar-refractivity contribution is -0.119. The van der Waals surface area contributed by atoms with Gasteiger partial charge in [-0.1, -0.05) is 77.9 Å². The van der Waals surface area contributed by atoms with E-state index in [-0.39, 0.29) is 11.9 Å². The first-order valence-corrected chi connectivity index (χ1v) is 9.71. The van der Waals surface area contributed by atoms with Crippen molar-refractivity contribution in [2.75, 3.05) is 5.75 Å². The Hall–Kier alpha value is -2.52. The zero-order chi connectivity index (χ0) is 18.4. The Morgan fingerprint density at radius 1 is 0.808 bits per heavy atom. The van der Waals surface area contributed by atoms with Crippen LogP contribution in [-0.2, 0) is 4.79 Å². The monoisotopic (exact) mass is 361 g/mol. The van der Waals surface area contributed by atoms with Gasteiger partial charge in [0.05, 0.1) is 11.8 Å². The Morgan fingerprint density at radius 2 is 1.35 bits per heavy atom. The quantitative estimate of drug-likeness (QED) is 0.604. The number of carbonyl (C=O) groups is 1. The highest BCUT2D eigenvalue weighted by Gasteiger charge is 2.16. The van der Waals surface area contributed by atoms with Gasteiger partial charge < -0.3 is 5.32 Å². The van der Waals surface area contributed by atoms with Crippen molar-refractivity contribution in [3.8, 4) is 0 Å². The largest absolute Gasteiger partial charge is 0.344 e. The van der Waals surface area contributed by atoms with Crippen molar-refractivity contribution in [3.05, 3.63) is 101 Å². The maximum Gasteiger partial charge on any atom is 0.231 e. The van der Waals surface area contributed by atoms with Crippen LogP contribution in [0.5, 0.6) is 0 Å². The molecule has 132 valence electrons. The van der Waals surface area contributed by atoms with E-state index in [1.807, 2.05) is 18.2 Å². The highest BCUT2D eigenvalue weighted by atomic mass is 32.2. The fourth-order valence-corrected chi connectivity index (χ4v) is 3.46. The van der Waals surface area contributed by atoms with Gasteiger partial charge in [0.1, 0.15) is 0 Å². The molecule has 1 amide bonds. The zero-order valence-electron chi connectivity index (χ0n) is 15.1. The summed E-state index contributed by atoms with van der Waals surface area (Å²) in [6.45, 7) is 4.13. The van der Waals surface area contributed by atoms with E-state index in [1.54, 1.807) is 11.8 Å². The van der Waals surface area contributed by atoms with E-state index in [0.29, 0.717) is 5.75 Å². The lowest BCUT2D eigenvalue weighted by Gasteiger charge is -2.20. The Balaban J connectivity index is 1.71. The first-order valence-electron chi connectivity index (χ1n) is 8.72. The Labute approximate surface area is 159 Å². The molecule has 2 nitrogen and oxygen atoms in total. The standard InChI is InChI=1S/C23H23NOS/c1-17-8-12-20(13-9-17)23(19-6-4-3-5-7-19)24-22(25)16-26-21-14-10-18(2)11-15-21/h3-15,23H,16H2,1-2H3,(H,24,25)/t23-/m0/s1. The van der Waals surface area contributed by atoms with Crippen LogP contribution in [0.15, 0.2) is 83.8 Å². The first-order chi connectivity index (χ1) is 12.6. The molecule has 0 aromatic heterocycles. The molecule has 0 fully saturated rings. The molecule has 0 radical (unpaired) electrons. The van der Waals surface area contributed by atoms with Crippen LogP contribution in [-0.4, -0.2) is 11.7 Å². The summed E-state index contributed by atoms with van der Waals surface area (Å²) >= 11 is 1.56. The van der Waals surface area contributed by atoms with Crippen LogP contribution in [0.25, 0.3) is 0 Å². The summed E-state index contributed by atoms with van der Waals surface area (Å²) in [5, 5.41) is 3.19. The first kappa shape index (κ1) is 18.3. The van der Waals surface area contributed by atoms with Crippen molar-refractivity contribution < 1.29 is 4.79 Å². The van der Waals surface area contributed by atoms with E-state index in [4.69, 9.17) is 0 Å². The Bertz CT molecular complexity index is 842. The molecular formula is C23H23NOS. The van der Waals surface area contributed by atoms with E-state index in [1.165, 1.54) is 11.1 Å². The second-order valence-electron chi connectivity index (χ2n) is 6.42.